The topological polar surface area (TPSA) is 121 Å². The van der Waals surface area contributed by atoms with E-state index in [1.165, 1.54) is 28.2 Å². The standard InChI is InChI=1S/C22H32N4O5S2/c1-7-26(8-2)33(29,30)16-9-11-19(31-14(3)4)18(13-16)24-20(27)12-10-17-15(5)23-22(32-6)25-21(17)28/h9,11,13-14H,7-8,10,12H2,1-6H3,(H,24,27)(H,23,25,28). The molecule has 182 valence electrons. The third-order valence-corrected chi connectivity index (χ3v) is 7.55. The molecule has 33 heavy (non-hydrogen) atoms. The van der Waals surface area contributed by atoms with Crippen LogP contribution in [0.4, 0.5) is 5.69 Å². The highest BCUT2D eigenvalue weighted by Crippen LogP contribution is 2.30. The molecule has 0 fully saturated rings. The van der Waals surface area contributed by atoms with Crippen LogP contribution in [0.15, 0.2) is 33.0 Å². The van der Waals surface area contributed by atoms with Crippen molar-refractivity contribution in [2.24, 2.45) is 0 Å². The molecule has 1 aromatic heterocycles. The van der Waals surface area contributed by atoms with Crippen molar-refractivity contribution >= 4 is 33.4 Å². The number of anilines is 1. The maximum absolute atomic E-state index is 12.9. The Hall–Kier alpha value is -2.37. The molecule has 1 aromatic carbocycles. The number of benzene rings is 1. The Morgan fingerprint density at radius 1 is 1.27 bits per heavy atom. The molecule has 2 rings (SSSR count). The van der Waals surface area contributed by atoms with Gasteiger partial charge in [-0.2, -0.15) is 4.31 Å². The van der Waals surface area contributed by atoms with Crippen LogP contribution in [-0.2, 0) is 21.2 Å². The Kier molecular flexibility index (Phi) is 9.50. The van der Waals surface area contributed by atoms with E-state index >= 15 is 0 Å². The van der Waals surface area contributed by atoms with Crippen molar-refractivity contribution in [3.8, 4) is 5.75 Å². The Labute approximate surface area is 199 Å². The highest BCUT2D eigenvalue weighted by Gasteiger charge is 2.23. The largest absolute Gasteiger partial charge is 0.489 e. The number of thioether (sulfide) groups is 1. The van der Waals surface area contributed by atoms with E-state index in [1.807, 2.05) is 20.1 Å². The summed E-state index contributed by atoms with van der Waals surface area (Å²) in [5.74, 6) is 0.00519. The number of H-pyrrole nitrogens is 1. The first-order chi connectivity index (χ1) is 15.5. The Morgan fingerprint density at radius 2 is 1.94 bits per heavy atom. The van der Waals surface area contributed by atoms with Gasteiger partial charge >= 0.3 is 0 Å². The lowest BCUT2D eigenvalue weighted by atomic mass is 10.1. The number of nitrogens with zero attached hydrogens (tertiary/aromatic N) is 2. The van der Waals surface area contributed by atoms with Crippen LogP contribution in [0.2, 0.25) is 0 Å². The van der Waals surface area contributed by atoms with Crippen molar-refractivity contribution in [2.45, 2.75) is 63.6 Å². The summed E-state index contributed by atoms with van der Waals surface area (Å²) in [5.41, 5.74) is 1.02. The molecule has 0 aliphatic rings. The van der Waals surface area contributed by atoms with E-state index in [0.717, 1.165) is 0 Å². The first kappa shape index (κ1) is 26.9. The zero-order valence-corrected chi connectivity index (χ0v) is 21.5. The molecule has 1 amide bonds. The van der Waals surface area contributed by atoms with Crippen LogP contribution < -0.4 is 15.6 Å². The molecule has 11 heteroatoms. The Bertz CT molecular complexity index is 1140. The summed E-state index contributed by atoms with van der Waals surface area (Å²) in [5, 5.41) is 3.27. The van der Waals surface area contributed by atoms with Gasteiger partial charge in [0.2, 0.25) is 15.9 Å². The van der Waals surface area contributed by atoms with Crippen molar-refractivity contribution in [1.82, 2.24) is 14.3 Å². The molecule has 0 spiro atoms. The molecular weight excluding hydrogens is 464 g/mol. The molecule has 0 atom stereocenters. The van der Waals surface area contributed by atoms with Gasteiger partial charge < -0.3 is 15.0 Å². The highest BCUT2D eigenvalue weighted by atomic mass is 32.2. The number of carbonyl (C=O) groups excluding carboxylic acids is 1. The molecule has 0 saturated carbocycles. The molecule has 0 unspecified atom stereocenters. The van der Waals surface area contributed by atoms with Gasteiger partial charge in [-0.25, -0.2) is 13.4 Å². The zero-order valence-electron chi connectivity index (χ0n) is 19.9. The molecule has 0 bridgehead atoms. The number of hydrogen-bond donors (Lipinski definition) is 2. The van der Waals surface area contributed by atoms with Crippen LogP contribution in [0.25, 0.3) is 0 Å². The number of ether oxygens (including phenoxy) is 1. The highest BCUT2D eigenvalue weighted by molar-refractivity contribution is 7.98. The lowest BCUT2D eigenvalue weighted by Crippen LogP contribution is -2.30. The van der Waals surface area contributed by atoms with E-state index in [9.17, 15) is 18.0 Å². The fourth-order valence-corrected chi connectivity index (χ4v) is 5.17. The van der Waals surface area contributed by atoms with Crippen LogP contribution in [0.3, 0.4) is 0 Å². The van der Waals surface area contributed by atoms with Gasteiger partial charge in [0.25, 0.3) is 5.56 Å². The number of amides is 1. The van der Waals surface area contributed by atoms with Crippen molar-refractivity contribution in [2.75, 3.05) is 24.7 Å². The second-order valence-electron chi connectivity index (χ2n) is 7.60. The van der Waals surface area contributed by atoms with E-state index in [4.69, 9.17) is 4.74 Å². The molecule has 9 nitrogen and oxygen atoms in total. The van der Waals surface area contributed by atoms with E-state index in [0.29, 0.717) is 35.3 Å². The second kappa shape index (κ2) is 11.7. The van der Waals surface area contributed by atoms with E-state index in [1.54, 1.807) is 26.8 Å². The van der Waals surface area contributed by atoms with Gasteiger partial charge in [-0.15, -0.1) is 0 Å². The van der Waals surface area contributed by atoms with Gasteiger partial charge in [0.15, 0.2) is 5.16 Å². The zero-order chi connectivity index (χ0) is 24.8. The van der Waals surface area contributed by atoms with Crippen LogP contribution in [0.5, 0.6) is 5.75 Å². The van der Waals surface area contributed by atoms with Crippen molar-refractivity contribution in [1.29, 1.82) is 0 Å². The molecule has 2 N–H and O–H groups in total. The number of aryl methyl sites for hydroxylation is 1. The molecule has 0 aliphatic heterocycles. The minimum Gasteiger partial charge on any atom is -0.489 e. The lowest BCUT2D eigenvalue weighted by molar-refractivity contribution is -0.116. The number of aromatic amines is 1. The SMILES string of the molecule is CCN(CC)S(=O)(=O)c1ccc(OC(C)C)c(NC(=O)CCc2c(C)nc(SC)[nH]c2=O)c1. The lowest BCUT2D eigenvalue weighted by Gasteiger charge is -2.20. The molecule has 2 aromatic rings. The molecule has 1 heterocycles. The minimum absolute atomic E-state index is 0.0261. The Morgan fingerprint density at radius 3 is 2.48 bits per heavy atom. The van der Waals surface area contributed by atoms with Gasteiger partial charge in [0.05, 0.1) is 16.7 Å². The molecule has 0 radical (unpaired) electrons. The van der Waals surface area contributed by atoms with Crippen molar-refractivity contribution in [3.05, 3.63) is 39.8 Å². The summed E-state index contributed by atoms with van der Waals surface area (Å²) in [7, 11) is -3.71. The average molecular weight is 497 g/mol. The van der Waals surface area contributed by atoms with Gasteiger partial charge in [-0.3, -0.25) is 9.59 Å². The van der Waals surface area contributed by atoms with Crippen molar-refractivity contribution < 1.29 is 17.9 Å². The molecule has 0 saturated heterocycles. The predicted octanol–water partition coefficient (Wildman–Crippen LogP) is 3.19. The third-order valence-electron chi connectivity index (χ3n) is 4.93. The fraction of sp³-hybridized carbons (Fsp3) is 0.500. The van der Waals surface area contributed by atoms with Crippen molar-refractivity contribution in [3.63, 3.8) is 0 Å². The first-order valence-corrected chi connectivity index (χ1v) is 13.4. The minimum atomic E-state index is -3.71. The summed E-state index contributed by atoms with van der Waals surface area (Å²) in [6, 6.07) is 4.44. The van der Waals surface area contributed by atoms with Gasteiger partial charge in [-0.1, -0.05) is 25.6 Å². The van der Waals surface area contributed by atoms with E-state index in [-0.39, 0.29) is 41.0 Å². The summed E-state index contributed by atoms with van der Waals surface area (Å²) in [4.78, 5) is 32.1. The van der Waals surface area contributed by atoms with Crippen LogP contribution >= 0.6 is 11.8 Å². The van der Waals surface area contributed by atoms with E-state index < -0.39 is 10.0 Å². The smallest absolute Gasteiger partial charge is 0.254 e. The predicted molar refractivity (Wildman–Crippen MR) is 131 cm³/mol. The molecular formula is C22H32N4O5S2. The van der Waals surface area contributed by atoms with Crippen LogP contribution in [0, 0.1) is 6.92 Å². The Balaban J connectivity index is 2.29. The summed E-state index contributed by atoms with van der Waals surface area (Å²) >= 11 is 1.33. The number of sulfonamides is 1. The quantitative estimate of drug-likeness (QED) is 0.362. The number of aromatic nitrogens is 2. The van der Waals surface area contributed by atoms with Gasteiger partial charge in [-0.05, 0) is 51.6 Å². The second-order valence-corrected chi connectivity index (χ2v) is 10.3. The van der Waals surface area contributed by atoms with Gasteiger partial charge in [0.1, 0.15) is 5.75 Å². The van der Waals surface area contributed by atoms with E-state index in [2.05, 4.69) is 15.3 Å². The van der Waals surface area contributed by atoms with Crippen LogP contribution in [0.1, 0.15) is 45.4 Å². The molecule has 0 aliphatic carbocycles. The average Bonchev–Trinajstić information content (AvgIpc) is 2.74. The first-order valence-electron chi connectivity index (χ1n) is 10.8. The van der Waals surface area contributed by atoms with Gasteiger partial charge in [0, 0.05) is 30.8 Å². The summed E-state index contributed by atoms with van der Waals surface area (Å²) in [6.45, 7) is 9.62. The number of carbonyl (C=O) groups is 1. The normalized spacial score (nSPS) is 11.8. The third kappa shape index (κ3) is 6.81. The number of hydrogen-bond acceptors (Lipinski definition) is 7. The number of nitrogens with one attached hydrogen (secondary N) is 2. The maximum atomic E-state index is 12.9. The van der Waals surface area contributed by atoms with Crippen LogP contribution in [-0.4, -0.2) is 54.0 Å². The summed E-state index contributed by atoms with van der Waals surface area (Å²) < 4.78 is 33.0. The fourth-order valence-electron chi connectivity index (χ4n) is 3.26. The summed E-state index contributed by atoms with van der Waals surface area (Å²) in [6.07, 6.45) is 1.87. The monoisotopic (exact) mass is 496 g/mol. The number of rotatable bonds is 11. The maximum Gasteiger partial charge on any atom is 0.254 e.